The van der Waals surface area contributed by atoms with Crippen LogP contribution in [-0.4, -0.2) is 37.1 Å². The third-order valence-corrected chi connectivity index (χ3v) is 2.92. The maximum absolute atomic E-state index is 3.52. The average Bonchev–Trinajstić information content (AvgIpc) is 2.16. The molecule has 0 aliphatic rings. The molecule has 0 fully saturated rings. The molecule has 0 aliphatic heterocycles. The lowest BCUT2D eigenvalue weighted by Gasteiger charge is -2.20. The minimum Gasteiger partial charge on any atom is -0.314 e. The highest BCUT2D eigenvalue weighted by atomic mass is 15.1. The second kappa shape index (κ2) is 8.25. The third kappa shape index (κ3) is 7.34. The number of hydrogen-bond donors (Lipinski definition) is 1. The molecule has 86 valence electrons. The van der Waals surface area contributed by atoms with E-state index >= 15 is 0 Å². The van der Waals surface area contributed by atoms with Crippen LogP contribution in [0.3, 0.4) is 0 Å². The first-order valence-corrected chi connectivity index (χ1v) is 6.01. The van der Waals surface area contributed by atoms with Gasteiger partial charge in [0.2, 0.25) is 0 Å². The Hall–Kier alpha value is -0.0800. The van der Waals surface area contributed by atoms with E-state index in [4.69, 9.17) is 0 Å². The van der Waals surface area contributed by atoms with Gasteiger partial charge in [0, 0.05) is 12.1 Å². The molecule has 0 radical (unpaired) electrons. The first-order valence-electron chi connectivity index (χ1n) is 6.01. The van der Waals surface area contributed by atoms with Crippen molar-refractivity contribution in [1.82, 2.24) is 10.2 Å². The molecule has 0 bridgehead atoms. The molecule has 0 aromatic rings. The van der Waals surface area contributed by atoms with Crippen LogP contribution < -0.4 is 5.32 Å². The fourth-order valence-corrected chi connectivity index (χ4v) is 1.24. The van der Waals surface area contributed by atoms with Gasteiger partial charge in [-0.2, -0.15) is 0 Å². The van der Waals surface area contributed by atoms with E-state index < -0.39 is 0 Å². The highest BCUT2D eigenvalue weighted by Gasteiger charge is 2.02. The average molecular weight is 200 g/mol. The van der Waals surface area contributed by atoms with E-state index in [1.807, 2.05) is 0 Å². The molecule has 0 heterocycles. The van der Waals surface area contributed by atoms with E-state index in [0.717, 1.165) is 0 Å². The molecule has 0 amide bonds. The molecule has 2 nitrogen and oxygen atoms in total. The highest BCUT2D eigenvalue weighted by molar-refractivity contribution is 4.60. The number of rotatable bonds is 8. The van der Waals surface area contributed by atoms with Gasteiger partial charge in [0.1, 0.15) is 0 Å². The molecule has 0 aromatic heterocycles. The van der Waals surface area contributed by atoms with Gasteiger partial charge in [-0.3, -0.25) is 0 Å². The van der Waals surface area contributed by atoms with Crippen LogP contribution >= 0.6 is 0 Å². The van der Waals surface area contributed by atoms with Crippen LogP contribution in [0, 0.1) is 0 Å². The van der Waals surface area contributed by atoms with Gasteiger partial charge < -0.3 is 10.2 Å². The normalized spacial score (nSPS) is 13.9. The van der Waals surface area contributed by atoms with Crippen molar-refractivity contribution in [3.8, 4) is 0 Å². The number of nitrogens with one attached hydrogen (secondary N) is 1. The van der Waals surface area contributed by atoms with E-state index in [1.165, 1.54) is 32.4 Å². The maximum atomic E-state index is 3.52. The second-order valence-corrected chi connectivity index (χ2v) is 4.54. The zero-order valence-corrected chi connectivity index (χ0v) is 10.6. The standard InChI is InChI=1S/C12H28N2/c1-6-12(4)13-9-7-8-10-14(5)11(2)3/h11-13H,6-10H2,1-5H3. The summed E-state index contributed by atoms with van der Waals surface area (Å²) in [5, 5.41) is 3.52. The summed E-state index contributed by atoms with van der Waals surface area (Å²) in [5.74, 6) is 0. The Kier molecular flexibility index (Phi) is 8.20. The minimum absolute atomic E-state index is 0.678. The molecule has 0 aliphatic carbocycles. The summed E-state index contributed by atoms with van der Waals surface area (Å²) in [5.41, 5.74) is 0. The Bertz CT molecular complexity index is 123. The fraction of sp³-hybridized carbons (Fsp3) is 1.00. The molecule has 0 aromatic carbocycles. The number of unbranched alkanes of at least 4 members (excludes halogenated alkanes) is 1. The van der Waals surface area contributed by atoms with E-state index in [1.54, 1.807) is 0 Å². The molecular weight excluding hydrogens is 172 g/mol. The van der Waals surface area contributed by atoms with Gasteiger partial charge in [-0.1, -0.05) is 6.92 Å². The molecule has 2 heteroatoms. The van der Waals surface area contributed by atoms with Crippen LogP contribution in [0.5, 0.6) is 0 Å². The molecule has 1 N–H and O–H groups in total. The van der Waals surface area contributed by atoms with Crippen molar-refractivity contribution < 1.29 is 0 Å². The molecule has 0 spiro atoms. The Labute approximate surface area is 90.1 Å². The van der Waals surface area contributed by atoms with Crippen molar-refractivity contribution in [1.29, 1.82) is 0 Å². The summed E-state index contributed by atoms with van der Waals surface area (Å²) in [6.07, 6.45) is 3.82. The molecular formula is C12H28N2. The van der Waals surface area contributed by atoms with Crippen molar-refractivity contribution in [2.75, 3.05) is 20.1 Å². The lowest BCUT2D eigenvalue weighted by Crippen LogP contribution is -2.29. The summed E-state index contributed by atoms with van der Waals surface area (Å²) in [6, 6.07) is 1.36. The van der Waals surface area contributed by atoms with Crippen molar-refractivity contribution in [3.05, 3.63) is 0 Å². The van der Waals surface area contributed by atoms with Crippen molar-refractivity contribution in [2.24, 2.45) is 0 Å². The van der Waals surface area contributed by atoms with E-state index in [0.29, 0.717) is 12.1 Å². The van der Waals surface area contributed by atoms with Crippen LogP contribution in [0.4, 0.5) is 0 Å². The van der Waals surface area contributed by atoms with Crippen LogP contribution in [0.25, 0.3) is 0 Å². The Morgan fingerprint density at radius 2 is 1.79 bits per heavy atom. The van der Waals surface area contributed by atoms with Gasteiger partial charge in [0.25, 0.3) is 0 Å². The smallest absolute Gasteiger partial charge is 0.00360 e. The van der Waals surface area contributed by atoms with Crippen LogP contribution in [0.1, 0.15) is 47.0 Å². The molecule has 1 unspecified atom stereocenters. The zero-order valence-electron chi connectivity index (χ0n) is 10.6. The molecule has 0 saturated carbocycles. The predicted molar refractivity (Wildman–Crippen MR) is 64.8 cm³/mol. The molecule has 14 heavy (non-hydrogen) atoms. The SMILES string of the molecule is CCC(C)NCCCCN(C)C(C)C. The van der Waals surface area contributed by atoms with Crippen LogP contribution in [-0.2, 0) is 0 Å². The van der Waals surface area contributed by atoms with Gasteiger partial charge in [-0.05, 0) is 60.2 Å². The zero-order chi connectivity index (χ0) is 11.0. The lowest BCUT2D eigenvalue weighted by atomic mass is 10.2. The minimum atomic E-state index is 0.678. The largest absolute Gasteiger partial charge is 0.314 e. The fourth-order valence-electron chi connectivity index (χ4n) is 1.24. The van der Waals surface area contributed by atoms with Crippen LogP contribution in [0.2, 0.25) is 0 Å². The van der Waals surface area contributed by atoms with E-state index in [-0.39, 0.29) is 0 Å². The Morgan fingerprint density at radius 3 is 2.29 bits per heavy atom. The van der Waals surface area contributed by atoms with E-state index in [2.05, 4.69) is 45.0 Å². The quantitative estimate of drug-likeness (QED) is 0.606. The van der Waals surface area contributed by atoms with E-state index in [9.17, 15) is 0 Å². The molecule has 1 atom stereocenters. The monoisotopic (exact) mass is 200 g/mol. The summed E-state index contributed by atoms with van der Waals surface area (Å²) in [4.78, 5) is 2.41. The summed E-state index contributed by atoms with van der Waals surface area (Å²) >= 11 is 0. The first kappa shape index (κ1) is 13.9. The third-order valence-electron chi connectivity index (χ3n) is 2.92. The van der Waals surface area contributed by atoms with Crippen LogP contribution in [0.15, 0.2) is 0 Å². The molecule has 0 rings (SSSR count). The number of nitrogens with zero attached hydrogens (tertiary/aromatic N) is 1. The molecule has 0 saturated heterocycles. The van der Waals surface area contributed by atoms with Gasteiger partial charge >= 0.3 is 0 Å². The highest BCUT2D eigenvalue weighted by Crippen LogP contribution is 1.97. The Balaban J connectivity index is 3.21. The predicted octanol–water partition coefficient (Wildman–Crippen LogP) is 2.49. The second-order valence-electron chi connectivity index (χ2n) is 4.54. The lowest BCUT2D eigenvalue weighted by molar-refractivity contribution is 0.267. The summed E-state index contributed by atoms with van der Waals surface area (Å²) in [7, 11) is 2.20. The van der Waals surface area contributed by atoms with Gasteiger partial charge in [-0.25, -0.2) is 0 Å². The maximum Gasteiger partial charge on any atom is 0.00360 e. The van der Waals surface area contributed by atoms with Crippen molar-refractivity contribution >= 4 is 0 Å². The van der Waals surface area contributed by atoms with Gasteiger partial charge in [-0.15, -0.1) is 0 Å². The van der Waals surface area contributed by atoms with Gasteiger partial charge in [0.15, 0.2) is 0 Å². The summed E-state index contributed by atoms with van der Waals surface area (Å²) in [6.45, 7) is 11.4. The Morgan fingerprint density at radius 1 is 1.14 bits per heavy atom. The van der Waals surface area contributed by atoms with Crippen molar-refractivity contribution in [3.63, 3.8) is 0 Å². The van der Waals surface area contributed by atoms with Gasteiger partial charge in [0.05, 0.1) is 0 Å². The van der Waals surface area contributed by atoms with Crippen molar-refractivity contribution in [2.45, 2.75) is 59.0 Å². The number of hydrogen-bond acceptors (Lipinski definition) is 2. The topological polar surface area (TPSA) is 15.3 Å². The first-order chi connectivity index (χ1) is 6.57. The summed E-state index contributed by atoms with van der Waals surface area (Å²) < 4.78 is 0.